The van der Waals surface area contributed by atoms with Crippen LogP contribution in [0.3, 0.4) is 0 Å². The van der Waals surface area contributed by atoms with Gasteiger partial charge in [-0.05, 0) is 0 Å². The second-order valence-electron chi connectivity index (χ2n) is 5.31. The molecule has 24 heavy (non-hydrogen) atoms. The molecule has 0 spiro atoms. The van der Waals surface area contributed by atoms with E-state index in [0.717, 1.165) is 10.6 Å². The van der Waals surface area contributed by atoms with Gasteiger partial charge in [0.2, 0.25) is 0 Å². The van der Waals surface area contributed by atoms with Crippen LogP contribution in [0.15, 0.2) is 72.8 Å². The van der Waals surface area contributed by atoms with Gasteiger partial charge < -0.3 is 0 Å². The molecule has 0 aromatic heterocycles. The van der Waals surface area contributed by atoms with Gasteiger partial charge in [-0.15, -0.1) is 0 Å². The first-order valence-corrected chi connectivity index (χ1v) is 11.7. The molecule has 0 amide bonds. The molecule has 4 heteroatoms. The SMILES string of the molecule is Fc1ccc([Se]Cc2cccc(C[Se]c3ccc(F)cc3)c2)cc1. The zero-order valence-corrected chi connectivity index (χ0v) is 16.3. The Hall–Kier alpha value is -1.44. The summed E-state index contributed by atoms with van der Waals surface area (Å²) in [6.45, 7) is 0. The first kappa shape index (κ1) is 17.4. The van der Waals surface area contributed by atoms with Gasteiger partial charge >= 0.3 is 154 Å². The molecule has 0 nitrogen and oxygen atoms in total. The molecule has 0 heterocycles. The maximum atomic E-state index is 12.9. The Balaban J connectivity index is 1.57. The Morgan fingerprint density at radius 2 is 1.00 bits per heavy atom. The Labute approximate surface area is 153 Å². The van der Waals surface area contributed by atoms with Crippen molar-refractivity contribution in [2.24, 2.45) is 0 Å². The number of benzene rings is 3. The van der Waals surface area contributed by atoms with Crippen molar-refractivity contribution in [2.75, 3.05) is 0 Å². The van der Waals surface area contributed by atoms with Crippen molar-refractivity contribution < 1.29 is 8.78 Å². The minimum absolute atomic E-state index is 0.181. The molecule has 0 aliphatic rings. The number of hydrogen-bond donors (Lipinski definition) is 0. The van der Waals surface area contributed by atoms with Crippen LogP contribution in [0, 0.1) is 11.6 Å². The quantitative estimate of drug-likeness (QED) is 0.505. The van der Waals surface area contributed by atoms with Crippen molar-refractivity contribution in [2.45, 2.75) is 10.6 Å². The zero-order valence-electron chi connectivity index (χ0n) is 12.9. The van der Waals surface area contributed by atoms with E-state index in [9.17, 15) is 8.78 Å². The van der Waals surface area contributed by atoms with Crippen LogP contribution >= 0.6 is 0 Å². The van der Waals surface area contributed by atoms with Crippen molar-refractivity contribution in [3.63, 3.8) is 0 Å². The molecule has 3 aromatic carbocycles. The van der Waals surface area contributed by atoms with Gasteiger partial charge in [0.05, 0.1) is 0 Å². The van der Waals surface area contributed by atoms with Crippen molar-refractivity contribution in [3.05, 3.63) is 95.6 Å². The van der Waals surface area contributed by atoms with Crippen LogP contribution < -0.4 is 8.92 Å². The third kappa shape index (κ3) is 5.29. The van der Waals surface area contributed by atoms with Gasteiger partial charge in [0.25, 0.3) is 0 Å². The zero-order chi connectivity index (χ0) is 16.8. The number of halogens is 2. The summed E-state index contributed by atoms with van der Waals surface area (Å²) in [5.41, 5.74) is 2.65. The summed E-state index contributed by atoms with van der Waals surface area (Å²) < 4.78 is 28.3. The van der Waals surface area contributed by atoms with Crippen molar-refractivity contribution in [1.82, 2.24) is 0 Å². The van der Waals surface area contributed by atoms with Crippen LogP contribution in [-0.2, 0) is 10.6 Å². The third-order valence-electron chi connectivity index (χ3n) is 3.43. The van der Waals surface area contributed by atoms with E-state index in [1.54, 1.807) is 0 Å². The normalized spacial score (nSPS) is 10.8. The predicted molar refractivity (Wildman–Crippen MR) is 97.4 cm³/mol. The predicted octanol–water partition coefficient (Wildman–Crippen LogP) is 3.02. The molecule has 3 rings (SSSR count). The number of rotatable bonds is 6. The minimum atomic E-state index is -0.181. The summed E-state index contributed by atoms with van der Waals surface area (Å²) in [5.74, 6) is -0.362. The van der Waals surface area contributed by atoms with E-state index in [0.29, 0.717) is 29.9 Å². The van der Waals surface area contributed by atoms with Crippen LogP contribution in [0.4, 0.5) is 8.78 Å². The molecule has 0 radical (unpaired) electrons. The van der Waals surface area contributed by atoms with Gasteiger partial charge in [0.1, 0.15) is 0 Å². The Bertz CT molecular complexity index is 719. The molecular weight excluding hydrogens is 436 g/mol. The molecular formula is C20H16F2Se2. The Morgan fingerprint density at radius 3 is 1.42 bits per heavy atom. The molecule has 0 fully saturated rings. The molecule has 0 aliphatic carbocycles. The van der Waals surface area contributed by atoms with Gasteiger partial charge in [-0.3, -0.25) is 0 Å². The van der Waals surface area contributed by atoms with Gasteiger partial charge in [-0.2, -0.15) is 0 Å². The van der Waals surface area contributed by atoms with Gasteiger partial charge in [-0.25, -0.2) is 0 Å². The first-order valence-electron chi connectivity index (χ1n) is 7.53. The monoisotopic (exact) mass is 454 g/mol. The number of hydrogen-bond acceptors (Lipinski definition) is 0. The van der Waals surface area contributed by atoms with Crippen LogP contribution in [-0.4, -0.2) is 29.9 Å². The molecule has 0 aliphatic heterocycles. The summed E-state index contributed by atoms with van der Waals surface area (Å²) in [4.78, 5) is 0. The topological polar surface area (TPSA) is 0 Å². The maximum absolute atomic E-state index is 12.9. The third-order valence-corrected chi connectivity index (χ3v) is 7.97. The van der Waals surface area contributed by atoms with Gasteiger partial charge in [0.15, 0.2) is 0 Å². The van der Waals surface area contributed by atoms with E-state index in [1.807, 2.05) is 24.3 Å². The van der Waals surface area contributed by atoms with E-state index in [2.05, 4.69) is 24.3 Å². The molecule has 122 valence electrons. The summed E-state index contributed by atoms with van der Waals surface area (Å²) in [6.07, 6.45) is 0. The van der Waals surface area contributed by atoms with E-state index in [-0.39, 0.29) is 11.6 Å². The summed E-state index contributed by atoms with van der Waals surface area (Å²) in [5, 5.41) is 2.02. The average molecular weight is 452 g/mol. The summed E-state index contributed by atoms with van der Waals surface area (Å²) in [6, 6.07) is 22.3. The Morgan fingerprint density at radius 1 is 0.583 bits per heavy atom. The van der Waals surface area contributed by atoms with Crippen molar-refractivity contribution in [3.8, 4) is 0 Å². The summed E-state index contributed by atoms with van der Waals surface area (Å²) >= 11 is 0.628. The molecule has 0 N–H and O–H groups in total. The van der Waals surface area contributed by atoms with Crippen molar-refractivity contribution >= 4 is 38.8 Å². The molecule has 0 saturated heterocycles. The fourth-order valence-corrected chi connectivity index (χ4v) is 5.73. The van der Waals surface area contributed by atoms with E-state index in [1.165, 1.54) is 44.3 Å². The van der Waals surface area contributed by atoms with E-state index < -0.39 is 0 Å². The second-order valence-corrected chi connectivity index (χ2v) is 9.71. The van der Waals surface area contributed by atoms with Crippen LogP contribution in [0.1, 0.15) is 11.1 Å². The molecule has 0 unspecified atom stereocenters. The standard InChI is InChI=1S/C20H16F2Se2/c21-17-4-8-19(9-5-17)23-13-15-2-1-3-16(12-15)14-24-20-10-6-18(22)7-11-20/h1-12H,13-14H2. The summed E-state index contributed by atoms with van der Waals surface area (Å²) in [7, 11) is 0. The molecule has 0 atom stereocenters. The van der Waals surface area contributed by atoms with Gasteiger partial charge in [0, 0.05) is 0 Å². The van der Waals surface area contributed by atoms with Crippen LogP contribution in [0.2, 0.25) is 0 Å². The van der Waals surface area contributed by atoms with Gasteiger partial charge in [-0.1, -0.05) is 0 Å². The van der Waals surface area contributed by atoms with Crippen LogP contribution in [0.25, 0.3) is 0 Å². The molecule has 3 aromatic rings. The fraction of sp³-hybridized carbons (Fsp3) is 0.100. The first-order chi connectivity index (χ1) is 11.7. The van der Waals surface area contributed by atoms with E-state index in [4.69, 9.17) is 0 Å². The molecule has 0 bridgehead atoms. The van der Waals surface area contributed by atoms with Crippen LogP contribution in [0.5, 0.6) is 0 Å². The fourth-order valence-electron chi connectivity index (χ4n) is 2.20. The average Bonchev–Trinajstić information content (AvgIpc) is 2.61. The Kier molecular flexibility index (Phi) is 6.23. The second kappa shape index (κ2) is 8.60. The van der Waals surface area contributed by atoms with Crippen molar-refractivity contribution in [1.29, 1.82) is 0 Å². The molecule has 0 saturated carbocycles. The van der Waals surface area contributed by atoms with E-state index >= 15 is 0 Å².